The van der Waals surface area contributed by atoms with Crippen LogP contribution in [0.4, 0.5) is 0 Å². The average Bonchev–Trinajstić information content (AvgIpc) is 2.81. The highest BCUT2D eigenvalue weighted by atomic mass is 35.5. The number of ether oxygens (including phenoxy) is 3. The van der Waals surface area contributed by atoms with Gasteiger partial charge in [0, 0.05) is 12.0 Å². The number of methoxy groups -OCH3 is 1. The number of benzene rings is 1. The summed E-state index contributed by atoms with van der Waals surface area (Å²) in [6, 6.07) is 4.86. The molecule has 2 rings (SSSR count). The van der Waals surface area contributed by atoms with Gasteiger partial charge in [0.2, 0.25) is 0 Å². The molecule has 0 radical (unpaired) electrons. The van der Waals surface area contributed by atoms with Crippen LogP contribution in [0.1, 0.15) is 16.8 Å². The molecule has 0 bridgehead atoms. The van der Waals surface area contributed by atoms with Crippen LogP contribution in [0.2, 0.25) is 0 Å². The van der Waals surface area contributed by atoms with Crippen molar-refractivity contribution < 1.29 is 19.0 Å². The highest BCUT2D eigenvalue weighted by Crippen LogP contribution is 2.30. The van der Waals surface area contributed by atoms with Gasteiger partial charge in [0.25, 0.3) is 5.24 Å². The number of hydrogen-bond donors (Lipinski definition) is 0. The van der Waals surface area contributed by atoms with E-state index >= 15 is 0 Å². The molecule has 0 spiro atoms. The Bertz CT molecular complexity index is 413. The van der Waals surface area contributed by atoms with E-state index in [0.29, 0.717) is 30.3 Å². The van der Waals surface area contributed by atoms with Crippen molar-refractivity contribution in [2.75, 3.05) is 20.3 Å². The molecule has 0 amide bonds. The summed E-state index contributed by atoms with van der Waals surface area (Å²) in [5.41, 5.74) is 0.390. The normalized spacial score (nSPS) is 19.1. The fourth-order valence-electron chi connectivity index (χ4n) is 1.68. The van der Waals surface area contributed by atoms with E-state index in [1.165, 1.54) is 0 Å². The van der Waals surface area contributed by atoms with E-state index in [4.69, 9.17) is 25.8 Å². The van der Waals surface area contributed by atoms with Gasteiger partial charge in [-0.25, -0.2) is 0 Å². The third-order valence-electron chi connectivity index (χ3n) is 2.57. The first-order valence-corrected chi connectivity index (χ1v) is 5.71. The van der Waals surface area contributed by atoms with Gasteiger partial charge in [-0.3, -0.25) is 4.79 Å². The Labute approximate surface area is 104 Å². The van der Waals surface area contributed by atoms with Crippen LogP contribution in [0.25, 0.3) is 0 Å². The predicted molar refractivity (Wildman–Crippen MR) is 63.0 cm³/mol. The summed E-state index contributed by atoms with van der Waals surface area (Å²) < 4.78 is 16.1. The zero-order valence-corrected chi connectivity index (χ0v) is 10.2. The molecule has 17 heavy (non-hydrogen) atoms. The van der Waals surface area contributed by atoms with Crippen LogP contribution < -0.4 is 9.47 Å². The molecular formula is C12H13ClO4. The standard InChI is InChI=1S/C12H13ClO4/c1-15-10-3-2-8(12(13)14)6-11(10)17-9-4-5-16-7-9/h2-3,6,9H,4-5,7H2,1H3/t9-/m0/s1. The second kappa shape index (κ2) is 5.38. The molecule has 1 aliphatic rings. The first-order chi connectivity index (χ1) is 8.20. The summed E-state index contributed by atoms with van der Waals surface area (Å²) in [5, 5.41) is -0.514. The van der Waals surface area contributed by atoms with Crippen LogP contribution in [0.5, 0.6) is 11.5 Å². The lowest BCUT2D eigenvalue weighted by atomic mass is 10.2. The first kappa shape index (κ1) is 12.2. The Kier molecular flexibility index (Phi) is 3.86. The molecule has 0 aromatic heterocycles. The van der Waals surface area contributed by atoms with Crippen molar-refractivity contribution in [3.05, 3.63) is 23.8 Å². The lowest BCUT2D eigenvalue weighted by molar-refractivity contribution is 0.108. The van der Waals surface area contributed by atoms with Crippen LogP contribution in [-0.4, -0.2) is 31.7 Å². The van der Waals surface area contributed by atoms with Gasteiger partial charge < -0.3 is 14.2 Å². The van der Waals surface area contributed by atoms with E-state index in [1.54, 1.807) is 25.3 Å². The summed E-state index contributed by atoms with van der Waals surface area (Å²) in [6.45, 7) is 1.25. The maximum absolute atomic E-state index is 11.1. The molecule has 1 aromatic rings. The fraction of sp³-hybridized carbons (Fsp3) is 0.417. The van der Waals surface area contributed by atoms with Crippen molar-refractivity contribution in [1.29, 1.82) is 0 Å². The van der Waals surface area contributed by atoms with Crippen molar-refractivity contribution >= 4 is 16.8 Å². The van der Waals surface area contributed by atoms with Gasteiger partial charge >= 0.3 is 0 Å². The molecule has 4 nitrogen and oxygen atoms in total. The Morgan fingerprint density at radius 1 is 1.47 bits per heavy atom. The summed E-state index contributed by atoms with van der Waals surface area (Å²) in [6.07, 6.45) is 0.840. The molecule has 0 unspecified atom stereocenters. The van der Waals surface area contributed by atoms with E-state index in [1.807, 2.05) is 0 Å². The van der Waals surface area contributed by atoms with Crippen molar-refractivity contribution in [3.8, 4) is 11.5 Å². The van der Waals surface area contributed by atoms with Crippen LogP contribution in [-0.2, 0) is 4.74 Å². The van der Waals surface area contributed by atoms with E-state index in [2.05, 4.69) is 0 Å². The minimum absolute atomic E-state index is 0.00424. The molecule has 1 atom stereocenters. The van der Waals surface area contributed by atoms with E-state index in [9.17, 15) is 4.79 Å². The molecule has 1 aromatic carbocycles. The molecule has 1 heterocycles. The average molecular weight is 257 g/mol. The van der Waals surface area contributed by atoms with E-state index in [0.717, 1.165) is 6.42 Å². The second-order valence-corrected chi connectivity index (χ2v) is 4.09. The minimum Gasteiger partial charge on any atom is -0.493 e. The lowest BCUT2D eigenvalue weighted by Crippen LogP contribution is -2.16. The molecule has 5 heteroatoms. The van der Waals surface area contributed by atoms with Gasteiger partial charge in [0.1, 0.15) is 6.10 Å². The van der Waals surface area contributed by atoms with Gasteiger partial charge in [-0.15, -0.1) is 0 Å². The third-order valence-corrected chi connectivity index (χ3v) is 2.79. The van der Waals surface area contributed by atoms with Crippen LogP contribution in [0.3, 0.4) is 0 Å². The molecule has 0 N–H and O–H groups in total. The monoisotopic (exact) mass is 256 g/mol. The quantitative estimate of drug-likeness (QED) is 0.775. The lowest BCUT2D eigenvalue weighted by Gasteiger charge is -2.15. The maximum Gasteiger partial charge on any atom is 0.252 e. The number of carbonyl (C=O) groups is 1. The van der Waals surface area contributed by atoms with Crippen LogP contribution in [0, 0.1) is 0 Å². The highest BCUT2D eigenvalue weighted by molar-refractivity contribution is 6.67. The SMILES string of the molecule is COc1ccc(C(=O)Cl)cc1O[C@H]1CCOC1. The Hall–Kier alpha value is -1.26. The zero-order chi connectivity index (χ0) is 12.3. The third kappa shape index (κ3) is 2.90. The Morgan fingerprint density at radius 3 is 2.88 bits per heavy atom. The van der Waals surface area contributed by atoms with Crippen molar-refractivity contribution in [3.63, 3.8) is 0 Å². The zero-order valence-electron chi connectivity index (χ0n) is 9.44. The fourth-order valence-corrected chi connectivity index (χ4v) is 1.79. The molecular weight excluding hydrogens is 244 g/mol. The summed E-state index contributed by atoms with van der Waals surface area (Å²) in [7, 11) is 1.55. The topological polar surface area (TPSA) is 44.8 Å². The van der Waals surface area contributed by atoms with Gasteiger partial charge in [0.05, 0.1) is 20.3 Å². The van der Waals surface area contributed by atoms with Gasteiger partial charge in [-0.05, 0) is 29.8 Å². The van der Waals surface area contributed by atoms with Crippen molar-refractivity contribution in [2.24, 2.45) is 0 Å². The van der Waals surface area contributed by atoms with Gasteiger partial charge in [0.15, 0.2) is 11.5 Å². The molecule has 92 valence electrons. The Morgan fingerprint density at radius 2 is 2.29 bits per heavy atom. The van der Waals surface area contributed by atoms with Crippen molar-refractivity contribution in [2.45, 2.75) is 12.5 Å². The van der Waals surface area contributed by atoms with Gasteiger partial charge in [-0.1, -0.05) is 0 Å². The molecule has 1 fully saturated rings. The minimum atomic E-state index is -0.514. The first-order valence-electron chi connectivity index (χ1n) is 5.33. The smallest absolute Gasteiger partial charge is 0.252 e. The predicted octanol–water partition coefficient (Wildman–Crippen LogP) is 2.24. The molecule has 1 aliphatic heterocycles. The van der Waals surface area contributed by atoms with Gasteiger partial charge in [-0.2, -0.15) is 0 Å². The largest absolute Gasteiger partial charge is 0.493 e. The molecule has 1 saturated heterocycles. The van der Waals surface area contributed by atoms with Crippen LogP contribution in [0.15, 0.2) is 18.2 Å². The van der Waals surface area contributed by atoms with E-state index in [-0.39, 0.29) is 6.10 Å². The summed E-state index contributed by atoms with van der Waals surface area (Å²) >= 11 is 5.43. The summed E-state index contributed by atoms with van der Waals surface area (Å²) in [4.78, 5) is 11.1. The maximum atomic E-state index is 11.1. The van der Waals surface area contributed by atoms with E-state index < -0.39 is 5.24 Å². The Balaban J connectivity index is 2.21. The second-order valence-electron chi connectivity index (χ2n) is 3.74. The molecule has 0 aliphatic carbocycles. The number of rotatable bonds is 4. The summed E-state index contributed by atoms with van der Waals surface area (Å²) in [5.74, 6) is 1.10. The van der Waals surface area contributed by atoms with Crippen molar-refractivity contribution in [1.82, 2.24) is 0 Å². The number of carbonyl (C=O) groups excluding carboxylic acids is 1. The number of halogens is 1. The number of hydrogen-bond acceptors (Lipinski definition) is 4. The molecule has 0 saturated carbocycles. The van der Waals surface area contributed by atoms with Crippen LogP contribution >= 0.6 is 11.6 Å². The highest BCUT2D eigenvalue weighted by Gasteiger charge is 2.19.